The monoisotopic (exact) mass is 220 g/mol. The maximum atomic E-state index is 11.5. The van der Waals surface area contributed by atoms with Crippen molar-refractivity contribution in [1.29, 1.82) is 0 Å². The first-order valence-electron chi connectivity index (χ1n) is 5.87. The van der Waals surface area contributed by atoms with Crippen LogP contribution < -0.4 is 5.43 Å². The molecule has 0 saturated carbocycles. The Morgan fingerprint density at radius 2 is 1.88 bits per heavy atom. The number of hydrogen-bond donors (Lipinski definition) is 1. The van der Waals surface area contributed by atoms with Gasteiger partial charge in [0.2, 0.25) is 5.91 Å². The molecule has 1 aliphatic rings. The second kappa shape index (κ2) is 6.28. The van der Waals surface area contributed by atoms with E-state index in [2.05, 4.69) is 17.6 Å². The summed E-state index contributed by atoms with van der Waals surface area (Å²) >= 11 is 0. The van der Waals surface area contributed by atoms with Gasteiger partial charge >= 0.3 is 0 Å². The summed E-state index contributed by atoms with van der Waals surface area (Å²) in [5.74, 6) is 0.182. The Morgan fingerprint density at radius 3 is 2.44 bits per heavy atom. The molecule has 1 amide bonds. The van der Waals surface area contributed by atoms with E-state index in [1.807, 2.05) is 32.0 Å². The highest BCUT2D eigenvalue weighted by Crippen LogP contribution is 2.30. The number of nitrogens with zero attached hydrogens (tertiary/aromatic N) is 1. The third-order valence-electron chi connectivity index (χ3n) is 2.64. The van der Waals surface area contributed by atoms with E-state index in [1.165, 1.54) is 5.56 Å². The third kappa shape index (κ3) is 2.61. The van der Waals surface area contributed by atoms with Crippen molar-refractivity contribution >= 4 is 5.91 Å². The highest BCUT2D eigenvalue weighted by molar-refractivity contribution is 5.78. The summed E-state index contributed by atoms with van der Waals surface area (Å²) in [6.45, 7) is 4.00. The lowest BCUT2D eigenvalue weighted by Gasteiger charge is -2.23. The predicted octanol–water partition coefficient (Wildman–Crippen LogP) is 2.51. The minimum Gasteiger partial charge on any atom is -0.273 e. The van der Waals surface area contributed by atoms with E-state index in [9.17, 15) is 4.79 Å². The average Bonchev–Trinajstić information content (AvgIpc) is 2.74. The van der Waals surface area contributed by atoms with Gasteiger partial charge < -0.3 is 0 Å². The van der Waals surface area contributed by atoms with E-state index in [0.29, 0.717) is 6.42 Å². The summed E-state index contributed by atoms with van der Waals surface area (Å²) in [5, 5.41) is 1.72. The zero-order chi connectivity index (χ0) is 12.0. The lowest BCUT2D eigenvalue weighted by atomic mass is 10.1. The standard InChI is InChI=1S/C11H14N2O.C2H6/c1-12-13-10(7-8-11(13)14)9-5-3-2-4-6-9;1-2/h2-6,10,12H,7-8H2,1H3;1-2H3. The van der Waals surface area contributed by atoms with Gasteiger partial charge in [-0.15, -0.1) is 0 Å². The second-order valence-electron chi connectivity index (χ2n) is 3.45. The molecule has 0 aromatic heterocycles. The molecule has 3 nitrogen and oxygen atoms in total. The van der Waals surface area contributed by atoms with Crippen molar-refractivity contribution in [3.63, 3.8) is 0 Å². The molecule has 1 unspecified atom stereocenters. The molecule has 1 saturated heterocycles. The van der Waals surface area contributed by atoms with Gasteiger partial charge in [-0.2, -0.15) is 0 Å². The highest BCUT2D eigenvalue weighted by Gasteiger charge is 2.30. The number of amides is 1. The minimum absolute atomic E-state index is 0.182. The first kappa shape index (κ1) is 12.7. The Balaban J connectivity index is 0.000000606. The Morgan fingerprint density at radius 1 is 1.25 bits per heavy atom. The van der Waals surface area contributed by atoms with E-state index in [1.54, 1.807) is 12.1 Å². The van der Waals surface area contributed by atoms with Crippen molar-refractivity contribution in [3.05, 3.63) is 35.9 Å². The van der Waals surface area contributed by atoms with Crippen LogP contribution in [0.15, 0.2) is 30.3 Å². The fourth-order valence-corrected chi connectivity index (χ4v) is 1.96. The fraction of sp³-hybridized carbons (Fsp3) is 0.462. The maximum absolute atomic E-state index is 11.5. The van der Waals surface area contributed by atoms with E-state index < -0.39 is 0 Å². The van der Waals surface area contributed by atoms with Gasteiger partial charge in [0.15, 0.2) is 0 Å². The van der Waals surface area contributed by atoms with Gasteiger partial charge in [-0.25, -0.2) is 5.43 Å². The summed E-state index contributed by atoms with van der Waals surface area (Å²) in [6.07, 6.45) is 1.55. The van der Waals surface area contributed by atoms with Gasteiger partial charge in [-0.05, 0) is 12.0 Å². The Labute approximate surface area is 97.4 Å². The van der Waals surface area contributed by atoms with Crippen LogP contribution in [0, 0.1) is 0 Å². The molecule has 2 rings (SSSR count). The zero-order valence-corrected chi connectivity index (χ0v) is 10.2. The lowest BCUT2D eigenvalue weighted by molar-refractivity contribution is -0.131. The molecule has 88 valence electrons. The van der Waals surface area contributed by atoms with Crippen LogP contribution in [0.3, 0.4) is 0 Å². The summed E-state index contributed by atoms with van der Waals surface area (Å²) in [7, 11) is 1.79. The van der Waals surface area contributed by atoms with Gasteiger partial charge in [0.25, 0.3) is 0 Å². The van der Waals surface area contributed by atoms with Crippen molar-refractivity contribution in [1.82, 2.24) is 10.4 Å². The number of nitrogens with one attached hydrogen (secondary N) is 1. The zero-order valence-electron chi connectivity index (χ0n) is 10.2. The van der Waals surface area contributed by atoms with Gasteiger partial charge in [-0.1, -0.05) is 44.2 Å². The van der Waals surface area contributed by atoms with Crippen molar-refractivity contribution in [2.45, 2.75) is 32.7 Å². The molecule has 1 aliphatic heterocycles. The number of carbonyl (C=O) groups is 1. The van der Waals surface area contributed by atoms with E-state index in [0.717, 1.165) is 6.42 Å². The topological polar surface area (TPSA) is 32.3 Å². The van der Waals surface area contributed by atoms with E-state index in [4.69, 9.17) is 0 Å². The predicted molar refractivity (Wildman–Crippen MR) is 65.7 cm³/mol. The molecule has 3 heteroatoms. The number of hydrogen-bond acceptors (Lipinski definition) is 2. The van der Waals surface area contributed by atoms with Gasteiger partial charge in [0.05, 0.1) is 6.04 Å². The molecule has 1 heterocycles. The number of carbonyl (C=O) groups excluding carboxylic acids is 1. The van der Waals surface area contributed by atoms with Crippen LogP contribution in [0.1, 0.15) is 38.3 Å². The Hall–Kier alpha value is -1.35. The molecule has 1 atom stereocenters. The third-order valence-corrected chi connectivity index (χ3v) is 2.64. The van der Waals surface area contributed by atoms with Gasteiger partial charge in [-0.3, -0.25) is 9.80 Å². The largest absolute Gasteiger partial charge is 0.273 e. The Kier molecular flexibility index (Phi) is 4.99. The normalized spacial score (nSPS) is 19.3. The molecular weight excluding hydrogens is 200 g/mol. The maximum Gasteiger partial charge on any atom is 0.237 e. The molecular formula is C13H20N2O. The first-order chi connectivity index (χ1) is 7.83. The Bertz CT molecular complexity index is 324. The van der Waals surface area contributed by atoms with Crippen molar-refractivity contribution < 1.29 is 4.79 Å². The minimum atomic E-state index is 0.182. The first-order valence-corrected chi connectivity index (χ1v) is 5.87. The molecule has 0 bridgehead atoms. The van der Waals surface area contributed by atoms with Crippen molar-refractivity contribution in [2.24, 2.45) is 0 Å². The van der Waals surface area contributed by atoms with Crippen LogP contribution in [-0.4, -0.2) is 18.0 Å². The summed E-state index contributed by atoms with van der Waals surface area (Å²) in [5.41, 5.74) is 4.15. The molecule has 16 heavy (non-hydrogen) atoms. The lowest BCUT2D eigenvalue weighted by Crippen LogP contribution is -2.37. The number of rotatable bonds is 2. The average molecular weight is 220 g/mol. The van der Waals surface area contributed by atoms with Crippen LogP contribution >= 0.6 is 0 Å². The van der Waals surface area contributed by atoms with Crippen LogP contribution in [0.4, 0.5) is 0 Å². The van der Waals surface area contributed by atoms with E-state index in [-0.39, 0.29) is 11.9 Å². The smallest absolute Gasteiger partial charge is 0.237 e. The van der Waals surface area contributed by atoms with Crippen LogP contribution in [0.25, 0.3) is 0 Å². The van der Waals surface area contributed by atoms with Gasteiger partial charge in [0.1, 0.15) is 0 Å². The van der Waals surface area contributed by atoms with Crippen LogP contribution in [0.5, 0.6) is 0 Å². The van der Waals surface area contributed by atoms with Crippen molar-refractivity contribution in [3.8, 4) is 0 Å². The second-order valence-corrected chi connectivity index (χ2v) is 3.45. The molecule has 1 fully saturated rings. The molecule has 0 radical (unpaired) electrons. The molecule has 1 N–H and O–H groups in total. The molecule has 1 aromatic rings. The van der Waals surface area contributed by atoms with E-state index >= 15 is 0 Å². The summed E-state index contributed by atoms with van der Waals surface area (Å²) in [6, 6.07) is 10.3. The summed E-state index contributed by atoms with van der Waals surface area (Å²) < 4.78 is 0. The highest BCUT2D eigenvalue weighted by atomic mass is 16.2. The number of hydrazine groups is 1. The summed E-state index contributed by atoms with van der Waals surface area (Å²) in [4.78, 5) is 11.5. The number of benzene rings is 1. The van der Waals surface area contributed by atoms with Crippen LogP contribution in [0.2, 0.25) is 0 Å². The fourth-order valence-electron chi connectivity index (χ4n) is 1.96. The molecule has 0 aliphatic carbocycles. The molecule has 0 spiro atoms. The quantitative estimate of drug-likeness (QED) is 0.830. The van der Waals surface area contributed by atoms with Crippen LogP contribution in [-0.2, 0) is 4.79 Å². The van der Waals surface area contributed by atoms with Crippen molar-refractivity contribution in [2.75, 3.05) is 7.05 Å². The van der Waals surface area contributed by atoms with Gasteiger partial charge in [0, 0.05) is 13.5 Å². The molecule has 1 aromatic carbocycles. The SMILES string of the molecule is CC.CNN1C(=O)CCC1c1ccccc1.